The molecule has 3 rings (SSSR count). The highest BCUT2D eigenvalue weighted by Crippen LogP contribution is 2.38. The minimum absolute atomic E-state index is 0.0885. The van der Waals surface area contributed by atoms with E-state index in [9.17, 15) is 14.7 Å². The molecule has 0 aliphatic carbocycles. The summed E-state index contributed by atoms with van der Waals surface area (Å²) in [6.45, 7) is 0. The zero-order chi connectivity index (χ0) is 17.4. The molecular formula is C16H8ClI2NO3S. The monoisotopic (exact) mass is 583 g/mol. The molecule has 1 fully saturated rings. The molecule has 0 bridgehead atoms. The second-order valence-electron chi connectivity index (χ2n) is 4.82. The van der Waals surface area contributed by atoms with Crippen LogP contribution in [0.5, 0.6) is 5.75 Å². The lowest BCUT2D eigenvalue weighted by atomic mass is 10.2. The first-order chi connectivity index (χ1) is 11.4. The van der Waals surface area contributed by atoms with Crippen molar-refractivity contribution in [2.45, 2.75) is 0 Å². The lowest BCUT2D eigenvalue weighted by Gasteiger charge is -2.12. The minimum atomic E-state index is -0.430. The molecule has 0 atom stereocenters. The Hall–Kier alpha value is -0.780. The van der Waals surface area contributed by atoms with Crippen molar-refractivity contribution in [1.29, 1.82) is 0 Å². The SMILES string of the molecule is O=C1S/C(=C/c2cc(I)cc(I)c2O)C(=O)N1c1cccc(Cl)c1. The van der Waals surface area contributed by atoms with Gasteiger partial charge in [0.05, 0.1) is 14.2 Å². The summed E-state index contributed by atoms with van der Waals surface area (Å²) in [5.41, 5.74) is 0.928. The van der Waals surface area contributed by atoms with E-state index in [1.165, 1.54) is 6.08 Å². The maximum atomic E-state index is 12.6. The van der Waals surface area contributed by atoms with E-state index in [0.717, 1.165) is 20.2 Å². The van der Waals surface area contributed by atoms with E-state index in [0.29, 0.717) is 19.8 Å². The van der Waals surface area contributed by atoms with Crippen LogP contribution in [-0.2, 0) is 4.79 Å². The molecule has 0 spiro atoms. The van der Waals surface area contributed by atoms with E-state index in [1.54, 1.807) is 30.3 Å². The Kier molecular flexibility index (Phi) is 5.42. The van der Waals surface area contributed by atoms with Gasteiger partial charge in [0.15, 0.2) is 0 Å². The van der Waals surface area contributed by atoms with Crippen molar-refractivity contribution in [3.63, 3.8) is 0 Å². The third-order valence-electron chi connectivity index (χ3n) is 3.20. The van der Waals surface area contributed by atoms with Gasteiger partial charge in [-0.3, -0.25) is 9.59 Å². The Morgan fingerprint density at radius 2 is 1.92 bits per heavy atom. The Morgan fingerprint density at radius 1 is 1.17 bits per heavy atom. The molecule has 0 saturated carbocycles. The van der Waals surface area contributed by atoms with Crippen LogP contribution in [0.3, 0.4) is 0 Å². The van der Waals surface area contributed by atoms with E-state index in [-0.39, 0.29) is 10.7 Å². The molecule has 4 nitrogen and oxygen atoms in total. The molecule has 1 heterocycles. The van der Waals surface area contributed by atoms with Crippen molar-refractivity contribution in [2.24, 2.45) is 0 Å². The lowest BCUT2D eigenvalue weighted by Crippen LogP contribution is -2.27. The summed E-state index contributed by atoms with van der Waals surface area (Å²) in [6.07, 6.45) is 1.54. The molecule has 0 aromatic heterocycles. The number of thioether (sulfide) groups is 1. The molecule has 0 unspecified atom stereocenters. The molecule has 1 N–H and O–H groups in total. The average Bonchev–Trinajstić information content (AvgIpc) is 2.78. The van der Waals surface area contributed by atoms with Crippen LogP contribution in [0.4, 0.5) is 10.5 Å². The van der Waals surface area contributed by atoms with Gasteiger partial charge in [-0.2, -0.15) is 0 Å². The molecule has 1 aliphatic heterocycles. The fraction of sp³-hybridized carbons (Fsp3) is 0. The number of carbonyl (C=O) groups is 2. The van der Waals surface area contributed by atoms with E-state index < -0.39 is 11.1 Å². The van der Waals surface area contributed by atoms with Gasteiger partial charge in [0, 0.05) is 14.2 Å². The van der Waals surface area contributed by atoms with Gasteiger partial charge in [0.2, 0.25) is 0 Å². The highest BCUT2D eigenvalue weighted by Gasteiger charge is 2.36. The predicted octanol–water partition coefficient (Wildman–Crippen LogP) is 5.50. The largest absolute Gasteiger partial charge is 0.506 e. The molecule has 2 aromatic carbocycles. The number of phenolic OH excluding ortho intramolecular Hbond substituents is 1. The molecule has 0 radical (unpaired) electrons. The standard InChI is InChI=1S/C16H8ClI2NO3S/c17-9-2-1-3-11(6-9)20-15(22)13(24-16(20)23)5-8-4-10(18)7-12(19)14(8)21/h1-7,21H/b13-5+. The number of rotatable bonds is 2. The van der Waals surface area contributed by atoms with Crippen LogP contribution in [-0.4, -0.2) is 16.3 Å². The lowest BCUT2D eigenvalue weighted by molar-refractivity contribution is -0.113. The summed E-state index contributed by atoms with van der Waals surface area (Å²) in [7, 11) is 0. The number of amides is 2. The Morgan fingerprint density at radius 3 is 2.62 bits per heavy atom. The van der Waals surface area contributed by atoms with Crippen LogP contribution < -0.4 is 4.90 Å². The zero-order valence-corrected chi connectivity index (χ0v) is 17.7. The smallest absolute Gasteiger partial charge is 0.298 e. The number of halogens is 3. The number of hydrogen-bond donors (Lipinski definition) is 1. The van der Waals surface area contributed by atoms with Crippen LogP contribution >= 0.6 is 68.5 Å². The summed E-state index contributed by atoms with van der Waals surface area (Å²) in [5.74, 6) is -0.342. The number of aromatic hydroxyl groups is 1. The Labute approximate surface area is 174 Å². The van der Waals surface area contributed by atoms with E-state index in [2.05, 4.69) is 22.6 Å². The summed E-state index contributed by atoms with van der Waals surface area (Å²) in [6, 6.07) is 10.1. The van der Waals surface area contributed by atoms with Gasteiger partial charge in [-0.05, 0) is 93.4 Å². The number of carbonyl (C=O) groups excluding carboxylic acids is 2. The number of nitrogens with zero attached hydrogens (tertiary/aromatic N) is 1. The van der Waals surface area contributed by atoms with Crippen molar-refractivity contribution < 1.29 is 14.7 Å². The second kappa shape index (κ2) is 7.22. The first-order valence-electron chi connectivity index (χ1n) is 6.58. The number of phenols is 1. The molecule has 2 amide bonds. The van der Waals surface area contributed by atoms with Crippen LogP contribution in [0.15, 0.2) is 41.3 Å². The van der Waals surface area contributed by atoms with Gasteiger partial charge in [0.1, 0.15) is 5.75 Å². The number of benzene rings is 2. The van der Waals surface area contributed by atoms with Crippen molar-refractivity contribution in [1.82, 2.24) is 0 Å². The first-order valence-corrected chi connectivity index (χ1v) is 9.93. The second-order valence-corrected chi connectivity index (χ2v) is 8.66. The maximum Gasteiger partial charge on any atom is 0.298 e. The summed E-state index contributed by atoms with van der Waals surface area (Å²) < 4.78 is 1.61. The van der Waals surface area contributed by atoms with Crippen LogP contribution in [0.2, 0.25) is 5.02 Å². The molecular weight excluding hydrogens is 576 g/mol. The molecule has 2 aromatic rings. The Bertz CT molecular complexity index is 901. The van der Waals surface area contributed by atoms with Crippen molar-refractivity contribution in [3.8, 4) is 5.75 Å². The summed E-state index contributed by atoms with van der Waals surface area (Å²) in [5, 5.41) is 10.2. The van der Waals surface area contributed by atoms with Gasteiger partial charge in [0.25, 0.3) is 11.1 Å². The van der Waals surface area contributed by atoms with E-state index in [4.69, 9.17) is 11.6 Å². The number of hydrogen-bond acceptors (Lipinski definition) is 4. The highest BCUT2D eigenvalue weighted by molar-refractivity contribution is 14.1. The highest BCUT2D eigenvalue weighted by atomic mass is 127. The first kappa shape index (κ1) is 18.0. The molecule has 1 saturated heterocycles. The van der Waals surface area contributed by atoms with E-state index >= 15 is 0 Å². The van der Waals surface area contributed by atoms with Gasteiger partial charge >= 0.3 is 0 Å². The van der Waals surface area contributed by atoms with Gasteiger partial charge in [-0.15, -0.1) is 0 Å². The number of anilines is 1. The van der Waals surface area contributed by atoms with Gasteiger partial charge in [-0.1, -0.05) is 17.7 Å². The van der Waals surface area contributed by atoms with Gasteiger partial charge in [-0.25, -0.2) is 4.90 Å². The zero-order valence-electron chi connectivity index (χ0n) is 11.8. The third-order valence-corrected chi connectivity index (χ3v) is 5.75. The van der Waals surface area contributed by atoms with Crippen LogP contribution in [0.1, 0.15) is 5.56 Å². The third kappa shape index (κ3) is 3.58. The predicted molar refractivity (Wildman–Crippen MR) is 113 cm³/mol. The normalized spacial score (nSPS) is 16.3. The summed E-state index contributed by atoms with van der Waals surface area (Å²) in [4.78, 5) is 26.2. The van der Waals surface area contributed by atoms with Gasteiger partial charge < -0.3 is 5.11 Å². The maximum absolute atomic E-state index is 12.6. The van der Waals surface area contributed by atoms with Crippen LogP contribution in [0.25, 0.3) is 6.08 Å². The summed E-state index contributed by atoms with van der Waals surface area (Å²) >= 11 is 10.9. The fourth-order valence-corrected chi connectivity index (χ4v) is 5.05. The van der Waals surface area contributed by atoms with Crippen molar-refractivity contribution in [3.05, 3.63) is 59.0 Å². The molecule has 8 heteroatoms. The molecule has 24 heavy (non-hydrogen) atoms. The Balaban J connectivity index is 2.00. The fourth-order valence-electron chi connectivity index (χ4n) is 2.14. The van der Waals surface area contributed by atoms with E-state index in [1.807, 2.05) is 28.7 Å². The average molecular weight is 584 g/mol. The molecule has 122 valence electrons. The quantitative estimate of drug-likeness (QED) is 0.375. The minimum Gasteiger partial charge on any atom is -0.506 e. The topological polar surface area (TPSA) is 57.6 Å². The number of imide groups is 1. The van der Waals surface area contributed by atoms with Crippen molar-refractivity contribution >= 4 is 91.5 Å². The van der Waals surface area contributed by atoms with Crippen LogP contribution in [0, 0.1) is 7.14 Å². The van der Waals surface area contributed by atoms with Crippen molar-refractivity contribution in [2.75, 3.05) is 4.90 Å². The molecule has 1 aliphatic rings.